The number of rotatable bonds is 3. The third kappa shape index (κ3) is 3.13. The van der Waals surface area contributed by atoms with Crippen LogP contribution in [0.1, 0.15) is 32.4 Å². The summed E-state index contributed by atoms with van der Waals surface area (Å²) in [5, 5.41) is 11.1. The first-order chi connectivity index (χ1) is 12.2. The van der Waals surface area contributed by atoms with E-state index < -0.39 is 23.1 Å². The molecule has 0 saturated carbocycles. The largest absolute Gasteiger partial charge is 0.503 e. The van der Waals surface area contributed by atoms with Gasteiger partial charge < -0.3 is 5.11 Å². The molecule has 1 amide bonds. The van der Waals surface area contributed by atoms with Gasteiger partial charge in [-0.2, -0.15) is 0 Å². The van der Waals surface area contributed by atoms with E-state index in [9.17, 15) is 14.7 Å². The topological polar surface area (TPSA) is 57.6 Å². The number of aliphatic hydroxyl groups excluding tert-OH is 1. The third-order valence-corrected chi connectivity index (χ3v) is 4.61. The summed E-state index contributed by atoms with van der Waals surface area (Å²) in [6, 6.07) is 15.3. The fourth-order valence-corrected chi connectivity index (χ4v) is 3.18. The maximum Gasteiger partial charge on any atom is 0.294 e. The molecular formula is C21H20ClNO3. The lowest BCUT2D eigenvalue weighted by atomic mass is 9.82. The Bertz CT molecular complexity index is 880. The lowest BCUT2D eigenvalue weighted by Crippen LogP contribution is -2.32. The van der Waals surface area contributed by atoms with Crippen molar-refractivity contribution in [1.29, 1.82) is 0 Å². The molecule has 0 radical (unpaired) electrons. The molecule has 0 saturated heterocycles. The number of hydrogen-bond donors (Lipinski definition) is 1. The number of anilines is 1. The molecule has 1 aliphatic rings. The highest BCUT2D eigenvalue weighted by atomic mass is 35.5. The number of Topliss-reactive ketones (excluding diaryl/α,β-unsaturated/α-hetero) is 1. The van der Waals surface area contributed by atoms with E-state index in [1.54, 1.807) is 57.2 Å². The highest BCUT2D eigenvalue weighted by Crippen LogP contribution is 2.43. The number of ketones is 1. The second-order valence-corrected chi connectivity index (χ2v) is 7.74. The first-order valence-electron chi connectivity index (χ1n) is 8.34. The van der Waals surface area contributed by atoms with Crippen molar-refractivity contribution >= 4 is 29.0 Å². The van der Waals surface area contributed by atoms with E-state index in [2.05, 4.69) is 0 Å². The molecule has 1 unspecified atom stereocenters. The van der Waals surface area contributed by atoms with Crippen LogP contribution in [0.2, 0.25) is 5.02 Å². The van der Waals surface area contributed by atoms with E-state index >= 15 is 0 Å². The van der Waals surface area contributed by atoms with Gasteiger partial charge in [0.25, 0.3) is 5.91 Å². The van der Waals surface area contributed by atoms with Gasteiger partial charge in [-0.3, -0.25) is 14.5 Å². The summed E-state index contributed by atoms with van der Waals surface area (Å²) in [6.07, 6.45) is 0. The van der Waals surface area contributed by atoms with Crippen molar-refractivity contribution in [1.82, 2.24) is 0 Å². The molecule has 1 heterocycles. The molecule has 0 fully saturated rings. The lowest BCUT2D eigenvalue weighted by Gasteiger charge is -2.29. The minimum Gasteiger partial charge on any atom is -0.503 e. The Labute approximate surface area is 157 Å². The summed E-state index contributed by atoms with van der Waals surface area (Å²) >= 11 is 5.99. The predicted octanol–water partition coefficient (Wildman–Crippen LogP) is 4.86. The van der Waals surface area contributed by atoms with E-state index in [4.69, 9.17) is 11.6 Å². The van der Waals surface area contributed by atoms with Crippen LogP contribution < -0.4 is 4.90 Å². The van der Waals surface area contributed by atoms with Gasteiger partial charge in [0.05, 0.1) is 11.6 Å². The molecule has 2 aromatic carbocycles. The molecule has 134 valence electrons. The van der Waals surface area contributed by atoms with Crippen molar-refractivity contribution in [2.75, 3.05) is 4.90 Å². The summed E-state index contributed by atoms with van der Waals surface area (Å²) in [7, 11) is 0. The summed E-state index contributed by atoms with van der Waals surface area (Å²) in [6.45, 7) is 5.30. The van der Waals surface area contributed by atoms with Gasteiger partial charge in [-0.15, -0.1) is 0 Å². The SMILES string of the molecule is CC(C)(C)C(=O)C1=C(O)C(=O)N(c2ccccc2)C1c1ccc(Cl)cc1. The van der Waals surface area contributed by atoms with E-state index in [0.717, 1.165) is 0 Å². The van der Waals surface area contributed by atoms with E-state index in [-0.39, 0.29) is 11.4 Å². The maximum atomic E-state index is 13.0. The monoisotopic (exact) mass is 369 g/mol. The standard InChI is InChI=1S/C21H20ClNO3/c1-21(2,3)19(25)16-17(13-9-11-14(22)12-10-13)23(20(26)18(16)24)15-7-5-4-6-8-15/h4-12,17,24H,1-3H3. The maximum absolute atomic E-state index is 13.0. The van der Waals surface area contributed by atoms with Crippen LogP contribution in [-0.4, -0.2) is 16.8 Å². The average Bonchev–Trinajstić information content (AvgIpc) is 2.86. The highest BCUT2D eigenvalue weighted by Gasteiger charge is 2.46. The number of amides is 1. The highest BCUT2D eigenvalue weighted by molar-refractivity contribution is 6.30. The fraction of sp³-hybridized carbons (Fsp3) is 0.238. The molecule has 1 atom stereocenters. The van der Waals surface area contributed by atoms with Gasteiger partial charge in [0.2, 0.25) is 0 Å². The fourth-order valence-electron chi connectivity index (χ4n) is 3.06. The van der Waals surface area contributed by atoms with Gasteiger partial charge in [-0.1, -0.05) is 62.7 Å². The number of benzene rings is 2. The van der Waals surface area contributed by atoms with Gasteiger partial charge >= 0.3 is 0 Å². The van der Waals surface area contributed by atoms with Gasteiger partial charge in [0, 0.05) is 16.1 Å². The molecular weight excluding hydrogens is 350 g/mol. The Morgan fingerprint density at radius 2 is 1.62 bits per heavy atom. The van der Waals surface area contributed by atoms with Crippen molar-refractivity contribution < 1.29 is 14.7 Å². The smallest absolute Gasteiger partial charge is 0.294 e. The van der Waals surface area contributed by atoms with Crippen molar-refractivity contribution in [2.45, 2.75) is 26.8 Å². The predicted molar refractivity (Wildman–Crippen MR) is 102 cm³/mol. The Balaban J connectivity index is 2.20. The summed E-state index contributed by atoms with van der Waals surface area (Å²) < 4.78 is 0. The zero-order valence-electron chi connectivity index (χ0n) is 14.9. The number of hydrogen-bond acceptors (Lipinski definition) is 3. The normalized spacial score (nSPS) is 17.8. The van der Waals surface area contributed by atoms with Crippen molar-refractivity contribution in [3.63, 3.8) is 0 Å². The van der Waals surface area contributed by atoms with Crippen molar-refractivity contribution in [2.24, 2.45) is 5.41 Å². The summed E-state index contributed by atoms with van der Waals surface area (Å²) in [5.74, 6) is -1.33. The minimum absolute atomic E-state index is 0.119. The molecule has 2 aromatic rings. The van der Waals surface area contributed by atoms with Crippen molar-refractivity contribution in [3.05, 3.63) is 76.5 Å². The molecule has 26 heavy (non-hydrogen) atoms. The van der Waals surface area contributed by atoms with Crippen LogP contribution >= 0.6 is 11.6 Å². The number of nitrogens with zero attached hydrogens (tertiary/aromatic N) is 1. The molecule has 1 N–H and O–H groups in total. The Hall–Kier alpha value is -2.59. The van der Waals surface area contributed by atoms with Gasteiger partial charge in [-0.25, -0.2) is 0 Å². The van der Waals surface area contributed by atoms with E-state index in [1.807, 2.05) is 18.2 Å². The molecule has 0 spiro atoms. The molecule has 0 aliphatic carbocycles. The molecule has 5 heteroatoms. The van der Waals surface area contributed by atoms with Crippen LogP contribution in [-0.2, 0) is 9.59 Å². The first-order valence-corrected chi connectivity index (χ1v) is 8.71. The summed E-state index contributed by atoms with van der Waals surface area (Å²) in [5.41, 5.74) is 0.707. The van der Waals surface area contributed by atoms with Crippen molar-refractivity contribution in [3.8, 4) is 0 Å². The van der Waals surface area contributed by atoms with E-state index in [0.29, 0.717) is 16.3 Å². The molecule has 0 bridgehead atoms. The second kappa shape index (κ2) is 6.61. The van der Waals surface area contributed by atoms with Crippen LogP contribution in [0.25, 0.3) is 0 Å². The van der Waals surface area contributed by atoms with E-state index in [1.165, 1.54) is 4.90 Å². The number of para-hydroxylation sites is 1. The quantitative estimate of drug-likeness (QED) is 0.840. The molecule has 1 aliphatic heterocycles. The average molecular weight is 370 g/mol. The Kier molecular flexibility index (Phi) is 4.63. The number of aliphatic hydroxyl groups is 1. The van der Waals surface area contributed by atoms with Crippen LogP contribution in [0.4, 0.5) is 5.69 Å². The summed E-state index contributed by atoms with van der Waals surface area (Å²) in [4.78, 5) is 27.3. The third-order valence-electron chi connectivity index (χ3n) is 4.35. The number of halogens is 1. The zero-order chi connectivity index (χ0) is 19.1. The van der Waals surface area contributed by atoms with Crippen LogP contribution in [0.5, 0.6) is 0 Å². The van der Waals surface area contributed by atoms with Crippen LogP contribution in [0.15, 0.2) is 65.9 Å². The second-order valence-electron chi connectivity index (χ2n) is 7.31. The van der Waals surface area contributed by atoms with Crippen LogP contribution in [0.3, 0.4) is 0 Å². The lowest BCUT2D eigenvalue weighted by molar-refractivity contribution is -0.123. The van der Waals surface area contributed by atoms with Gasteiger partial charge in [0.1, 0.15) is 0 Å². The molecule has 4 nitrogen and oxygen atoms in total. The first kappa shape index (κ1) is 18.2. The molecule has 0 aromatic heterocycles. The number of carbonyl (C=O) groups excluding carboxylic acids is 2. The van der Waals surface area contributed by atoms with Crippen LogP contribution in [0, 0.1) is 5.41 Å². The number of carbonyl (C=O) groups is 2. The minimum atomic E-state index is -0.735. The van der Waals surface area contributed by atoms with Gasteiger partial charge in [-0.05, 0) is 29.8 Å². The Morgan fingerprint density at radius 1 is 1.04 bits per heavy atom. The Morgan fingerprint density at radius 3 is 2.15 bits per heavy atom. The zero-order valence-corrected chi connectivity index (χ0v) is 15.6. The van der Waals surface area contributed by atoms with Gasteiger partial charge in [0.15, 0.2) is 11.5 Å². The molecule has 3 rings (SSSR count).